The maximum absolute atomic E-state index is 6.19. The molecule has 4 rings (SSSR count). The van der Waals surface area contributed by atoms with Crippen LogP contribution in [0.3, 0.4) is 0 Å². The summed E-state index contributed by atoms with van der Waals surface area (Å²) in [5.74, 6) is 2.06. The predicted octanol–water partition coefficient (Wildman–Crippen LogP) is 1.60. The van der Waals surface area contributed by atoms with Crippen molar-refractivity contribution < 1.29 is 14.2 Å². The second-order valence-electron chi connectivity index (χ2n) is 5.27. The molecule has 1 aromatic rings. The first kappa shape index (κ1) is 11.3. The second kappa shape index (κ2) is 3.99. The molecule has 19 heavy (non-hydrogen) atoms. The van der Waals surface area contributed by atoms with Crippen molar-refractivity contribution in [1.82, 2.24) is 5.32 Å². The third-order valence-electron chi connectivity index (χ3n) is 4.43. The predicted molar refractivity (Wildman–Crippen MR) is 70.7 cm³/mol. The lowest BCUT2D eigenvalue weighted by Crippen LogP contribution is -2.48. The monoisotopic (exact) mass is 259 g/mol. The molecular formula is C15H17NO3. The summed E-state index contributed by atoms with van der Waals surface area (Å²) in [6.45, 7) is 0.881. The number of benzene rings is 1. The molecule has 4 atom stereocenters. The van der Waals surface area contributed by atoms with E-state index in [9.17, 15) is 0 Å². The van der Waals surface area contributed by atoms with E-state index in [2.05, 4.69) is 23.5 Å². The minimum atomic E-state index is 0.00565. The zero-order valence-electron chi connectivity index (χ0n) is 11.1. The Morgan fingerprint density at radius 3 is 2.95 bits per heavy atom. The summed E-state index contributed by atoms with van der Waals surface area (Å²) in [7, 11) is 3.42. The largest absolute Gasteiger partial charge is 0.493 e. The number of rotatable bonds is 2. The number of methoxy groups -OCH3 is 2. The number of nitrogens with one attached hydrogen (secondary N) is 1. The van der Waals surface area contributed by atoms with Gasteiger partial charge >= 0.3 is 0 Å². The Hall–Kier alpha value is -1.52. The first-order valence-corrected chi connectivity index (χ1v) is 6.64. The summed E-state index contributed by atoms with van der Waals surface area (Å²) in [5.41, 5.74) is 2.62. The molecule has 0 saturated heterocycles. The van der Waals surface area contributed by atoms with Gasteiger partial charge in [0, 0.05) is 31.2 Å². The van der Waals surface area contributed by atoms with E-state index in [0.29, 0.717) is 12.0 Å². The molecule has 2 aliphatic heterocycles. The molecule has 2 heterocycles. The van der Waals surface area contributed by atoms with Crippen LogP contribution in [-0.4, -0.2) is 32.5 Å². The molecule has 1 N–H and O–H groups in total. The van der Waals surface area contributed by atoms with Crippen molar-refractivity contribution in [1.29, 1.82) is 0 Å². The Kier molecular flexibility index (Phi) is 2.37. The van der Waals surface area contributed by atoms with Gasteiger partial charge < -0.3 is 19.5 Å². The highest BCUT2D eigenvalue weighted by molar-refractivity contribution is 5.58. The highest BCUT2D eigenvalue weighted by atomic mass is 16.6. The van der Waals surface area contributed by atoms with E-state index in [1.54, 1.807) is 14.2 Å². The van der Waals surface area contributed by atoms with Gasteiger partial charge in [-0.05, 0) is 11.6 Å². The molecule has 100 valence electrons. The highest BCUT2D eigenvalue weighted by Gasteiger charge is 2.49. The molecule has 0 radical (unpaired) electrons. The number of hydrogen-bond acceptors (Lipinski definition) is 4. The smallest absolute Gasteiger partial charge is 0.165 e. The van der Waals surface area contributed by atoms with Crippen LogP contribution in [0, 0.1) is 0 Å². The SMILES string of the molecule is COc1ccc2c3c1O[C@H]1C(OC)C=CC(NC2)C31. The summed E-state index contributed by atoms with van der Waals surface area (Å²) < 4.78 is 17.2. The molecule has 0 amide bonds. The first-order valence-electron chi connectivity index (χ1n) is 6.64. The van der Waals surface area contributed by atoms with Crippen molar-refractivity contribution in [2.45, 2.75) is 30.7 Å². The topological polar surface area (TPSA) is 39.7 Å². The maximum atomic E-state index is 6.19. The van der Waals surface area contributed by atoms with Gasteiger partial charge in [-0.25, -0.2) is 0 Å². The van der Waals surface area contributed by atoms with E-state index in [1.807, 2.05) is 6.07 Å². The molecule has 4 nitrogen and oxygen atoms in total. The van der Waals surface area contributed by atoms with Crippen LogP contribution in [0.4, 0.5) is 0 Å². The van der Waals surface area contributed by atoms with Crippen molar-refractivity contribution >= 4 is 0 Å². The highest BCUT2D eigenvalue weighted by Crippen LogP contribution is 2.51. The van der Waals surface area contributed by atoms with Crippen LogP contribution in [0.1, 0.15) is 17.0 Å². The van der Waals surface area contributed by atoms with Crippen molar-refractivity contribution in [3.8, 4) is 11.5 Å². The van der Waals surface area contributed by atoms with Crippen molar-refractivity contribution in [2.24, 2.45) is 0 Å². The fourth-order valence-electron chi connectivity index (χ4n) is 3.55. The zero-order valence-corrected chi connectivity index (χ0v) is 11.1. The van der Waals surface area contributed by atoms with E-state index in [1.165, 1.54) is 11.1 Å². The van der Waals surface area contributed by atoms with Crippen LogP contribution in [0.5, 0.6) is 11.5 Å². The first-order chi connectivity index (χ1) is 9.33. The van der Waals surface area contributed by atoms with Gasteiger partial charge in [0.15, 0.2) is 11.5 Å². The van der Waals surface area contributed by atoms with Crippen molar-refractivity contribution in [3.63, 3.8) is 0 Å². The van der Waals surface area contributed by atoms with Crippen molar-refractivity contribution in [3.05, 3.63) is 35.4 Å². The normalized spacial score (nSPS) is 33.8. The minimum Gasteiger partial charge on any atom is -0.493 e. The van der Waals surface area contributed by atoms with Crippen molar-refractivity contribution in [2.75, 3.05) is 14.2 Å². The van der Waals surface area contributed by atoms with Gasteiger partial charge in [0.05, 0.1) is 7.11 Å². The molecular weight excluding hydrogens is 242 g/mol. The van der Waals surface area contributed by atoms with Gasteiger partial charge in [-0.3, -0.25) is 0 Å². The van der Waals surface area contributed by atoms with Gasteiger partial charge in [-0.1, -0.05) is 18.2 Å². The van der Waals surface area contributed by atoms with Crippen LogP contribution >= 0.6 is 0 Å². The fourth-order valence-corrected chi connectivity index (χ4v) is 3.55. The Balaban J connectivity index is 1.89. The lowest BCUT2D eigenvalue weighted by Gasteiger charge is -2.37. The second-order valence-corrected chi connectivity index (χ2v) is 5.27. The van der Waals surface area contributed by atoms with E-state index in [-0.39, 0.29) is 12.2 Å². The molecule has 0 bridgehead atoms. The van der Waals surface area contributed by atoms with Gasteiger partial charge in [0.1, 0.15) is 12.2 Å². The summed E-state index contributed by atoms with van der Waals surface area (Å²) >= 11 is 0. The van der Waals surface area contributed by atoms with E-state index in [0.717, 1.165) is 18.0 Å². The molecule has 0 aromatic heterocycles. The third-order valence-corrected chi connectivity index (χ3v) is 4.43. The van der Waals surface area contributed by atoms with Gasteiger partial charge in [0.2, 0.25) is 0 Å². The molecule has 0 saturated carbocycles. The van der Waals surface area contributed by atoms with Crippen LogP contribution in [0.25, 0.3) is 0 Å². The summed E-state index contributed by atoms with van der Waals surface area (Å²) in [6, 6.07) is 4.45. The third kappa shape index (κ3) is 1.41. The van der Waals surface area contributed by atoms with E-state index >= 15 is 0 Å². The standard InChI is InChI=1S/C15H17NO3/c1-17-10-5-3-8-7-16-9-4-6-11(18-2)15-13(9)12(8)14(10)19-15/h3-6,9,11,13,15-16H,7H2,1-2H3/t9?,11?,13?,15-/m0/s1. The molecule has 4 heteroatoms. The summed E-state index contributed by atoms with van der Waals surface area (Å²) in [4.78, 5) is 0. The number of ether oxygens (including phenoxy) is 3. The molecule has 1 aromatic carbocycles. The van der Waals surface area contributed by atoms with E-state index < -0.39 is 0 Å². The lowest BCUT2D eigenvalue weighted by atomic mass is 9.77. The Bertz CT molecular complexity index is 555. The zero-order chi connectivity index (χ0) is 13.0. The molecule has 3 aliphatic rings. The van der Waals surface area contributed by atoms with Crippen LogP contribution < -0.4 is 14.8 Å². The quantitative estimate of drug-likeness (QED) is 0.819. The number of hydrogen-bond donors (Lipinski definition) is 1. The maximum Gasteiger partial charge on any atom is 0.165 e. The average molecular weight is 259 g/mol. The van der Waals surface area contributed by atoms with Crippen LogP contribution in [0.15, 0.2) is 24.3 Å². The Labute approximate surface area is 112 Å². The fraction of sp³-hybridized carbons (Fsp3) is 0.467. The average Bonchev–Trinajstić information content (AvgIpc) is 2.86. The Morgan fingerprint density at radius 2 is 2.16 bits per heavy atom. The molecule has 1 aliphatic carbocycles. The van der Waals surface area contributed by atoms with Crippen LogP contribution in [0.2, 0.25) is 0 Å². The Morgan fingerprint density at radius 1 is 1.26 bits per heavy atom. The van der Waals surface area contributed by atoms with E-state index in [4.69, 9.17) is 14.2 Å². The van der Waals surface area contributed by atoms with Gasteiger partial charge in [-0.15, -0.1) is 0 Å². The van der Waals surface area contributed by atoms with Crippen LogP contribution in [-0.2, 0) is 11.3 Å². The van der Waals surface area contributed by atoms with Gasteiger partial charge in [0.25, 0.3) is 0 Å². The molecule has 3 unspecified atom stereocenters. The van der Waals surface area contributed by atoms with Gasteiger partial charge in [-0.2, -0.15) is 0 Å². The molecule has 0 spiro atoms. The molecule has 0 fully saturated rings. The lowest BCUT2D eigenvalue weighted by molar-refractivity contribution is 0.0199. The summed E-state index contributed by atoms with van der Waals surface area (Å²) in [5, 5.41) is 3.56. The summed E-state index contributed by atoms with van der Waals surface area (Å²) in [6.07, 6.45) is 4.35. The minimum absolute atomic E-state index is 0.00565.